The molecule has 1 N–H and O–H groups in total. The smallest absolute Gasteiger partial charge is 0.264 e. The number of hydrogen-bond acceptors (Lipinski definition) is 4. The van der Waals surface area contributed by atoms with Gasteiger partial charge in [-0.2, -0.15) is 0 Å². The Bertz CT molecular complexity index is 998. The van der Waals surface area contributed by atoms with Gasteiger partial charge in [-0.25, -0.2) is 4.98 Å². The Hall–Kier alpha value is -1.89. The van der Waals surface area contributed by atoms with Gasteiger partial charge in [0.15, 0.2) is 11.7 Å². The first-order valence-corrected chi connectivity index (χ1v) is 10.7. The molecule has 3 rings (SSSR count). The molecule has 146 valence electrons. The van der Waals surface area contributed by atoms with Crippen molar-refractivity contribution in [1.29, 1.82) is 0 Å². The van der Waals surface area contributed by atoms with Gasteiger partial charge in [-0.1, -0.05) is 66.5 Å². The summed E-state index contributed by atoms with van der Waals surface area (Å²) in [5, 5.41) is 5.78. The van der Waals surface area contributed by atoms with Gasteiger partial charge in [0.05, 0.1) is 5.69 Å². The predicted molar refractivity (Wildman–Crippen MR) is 120 cm³/mol. The minimum atomic E-state index is -0.261. The first-order chi connectivity index (χ1) is 13.2. The van der Waals surface area contributed by atoms with Crippen LogP contribution < -0.4 is 10.1 Å². The lowest BCUT2D eigenvalue weighted by molar-refractivity contribution is -0.118. The molecule has 0 radical (unpaired) electrons. The number of ether oxygens (including phenoxy) is 1. The number of carbonyl (C=O) groups is 1. The molecule has 0 atom stereocenters. The molecule has 0 unspecified atom stereocenters. The van der Waals surface area contributed by atoms with Gasteiger partial charge in [0.1, 0.15) is 5.75 Å². The van der Waals surface area contributed by atoms with E-state index in [1.165, 1.54) is 11.3 Å². The monoisotopic (exact) mass is 478 g/mol. The van der Waals surface area contributed by atoms with Crippen LogP contribution in [0.25, 0.3) is 11.3 Å². The maximum Gasteiger partial charge on any atom is 0.264 e. The second-order valence-electron chi connectivity index (χ2n) is 7.25. The third-order valence-electron chi connectivity index (χ3n) is 4.01. The topological polar surface area (TPSA) is 51.2 Å². The molecule has 0 saturated heterocycles. The lowest BCUT2D eigenvalue weighted by Crippen LogP contribution is -2.22. The Morgan fingerprint density at radius 2 is 2.00 bits per heavy atom. The number of carbonyl (C=O) groups excluding carboxylic acids is 1. The standard InChI is InChI=1S/C21H20BrClN2O2S/c1-21(2,3)15-10-13(22)8-9-18(15)27-11-19(26)25-20-24-17(12-28-20)14-6-4-5-7-16(14)23/h4-10,12H,11H2,1-3H3,(H,24,25,26). The third-order valence-corrected chi connectivity index (χ3v) is 5.59. The van der Waals surface area contributed by atoms with Crippen molar-refractivity contribution in [2.45, 2.75) is 26.2 Å². The molecule has 0 spiro atoms. The number of amides is 1. The molecule has 1 heterocycles. The van der Waals surface area contributed by atoms with Crippen LogP contribution in [0.2, 0.25) is 5.02 Å². The normalized spacial score (nSPS) is 11.3. The maximum atomic E-state index is 12.3. The summed E-state index contributed by atoms with van der Waals surface area (Å²) in [6.45, 7) is 6.22. The van der Waals surface area contributed by atoms with Gasteiger partial charge < -0.3 is 4.74 Å². The minimum absolute atomic E-state index is 0.0915. The molecule has 2 aromatic carbocycles. The molecule has 0 aliphatic heterocycles. The number of halogens is 2. The molecule has 0 bridgehead atoms. The predicted octanol–water partition coefficient (Wildman–Crippen LogP) is 6.54. The average Bonchev–Trinajstić information content (AvgIpc) is 3.08. The van der Waals surface area contributed by atoms with E-state index in [4.69, 9.17) is 16.3 Å². The highest BCUT2D eigenvalue weighted by molar-refractivity contribution is 9.10. The minimum Gasteiger partial charge on any atom is -0.483 e. The van der Waals surface area contributed by atoms with Crippen LogP contribution in [-0.4, -0.2) is 17.5 Å². The summed E-state index contributed by atoms with van der Waals surface area (Å²) in [6, 6.07) is 13.3. The van der Waals surface area contributed by atoms with Crippen LogP contribution in [0, 0.1) is 0 Å². The molecule has 4 nitrogen and oxygen atoms in total. The van der Waals surface area contributed by atoms with Crippen molar-refractivity contribution < 1.29 is 9.53 Å². The highest BCUT2D eigenvalue weighted by atomic mass is 79.9. The van der Waals surface area contributed by atoms with E-state index in [0.29, 0.717) is 15.9 Å². The quantitative estimate of drug-likeness (QED) is 0.452. The van der Waals surface area contributed by atoms with Crippen molar-refractivity contribution >= 4 is 49.9 Å². The lowest BCUT2D eigenvalue weighted by Gasteiger charge is -2.23. The fourth-order valence-electron chi connectivity index (χ4n) is 2.64. The van der Waals surface area contributed by atoms with Crippen molar-refractivity contribution in [3.8, 4) is 17.0 Å². The highest BCUT2D eigenvalue weighted by Gasteiger charge is 2.20. The van der Waals surface area contributed by atoms with E-state index < -0.39 is 0 Å². The van der Waals surface area contributed by atoms with Crippen LogP contribution in [0.5, 0.6) is 5.75 Å². The number of nitrogens with one attached hydrogen (secondary N) is 1. The van der Waals surface area contributed by atoms with E-state index in [-0.39, 0.29) is 17.9 Å². The second kappa shape index (κ2) is 8.64. The Morgan fingerprint density at radius 3 is 2.71 bits per heavy atom. The largest absolute Gasteiger partial charge is 0.483 e. The van der Waals surface area contributed by atoms with Gasteiger partial charge in [-0.3, -0.25) is 10.1 Å². The maximum absolute atomic E-state index is 12.3. The summed E-state index contributed by atoms with van der Waals surface area (Å²) in [6.07, 6.45) is 0. The summed E-state index contributed by atoms with van der Waals surface area (Å²) < 4.78 is 6.76. The van der Waals surface area contributed by atoms with Crippen LogP contribution >= 0.6 is 38.9 Å². The molecule has 28 heavy (non-hydrogen) atoms. The fourth-order valence-corrected chi connectivity index (χ4v) is 3.96. The number of hydrogen-bond donors (Lipinski definition) is 1. The number of nitrogens with zero attached hydrogens (tertiary/aromatic N) is 1. The second-order valence-corrected chi connectivity index (χ2v) is 9.43. The van der Waals surface area contributed by atoms with Crippen molar-refractivity contribution in [2.75, 3.05) is 11.9 Å². The molecule has 7 heteroatoms. The van der Waals surface area contributed by atoms with Crippen molar-refractivity contribution in [3.63, 3.8) is 0 Å². The summed E-state index contributed by atoms with van der Waals surface area (Å²) in [5.41, 5.74) is 2.50. The van der Waals surface area contributed by atoms with Gasteiger partial charge in [0.2, 0.25) is 0 Å². The summed E-state index contributed by atoms with van der Waals surface area (Å²) in [4.78, 5) is 16.8. The Kier molecular flexibility index (Phi) is 6.43. The number of anilines is 1. The molecule has 0 aliphatic rings. The summed E-state index contributed by atoms with van der Waals surface area (Å²) in [7, 11) is 0. The Morgan fingerprint density at radius 1 is 1.25 bits per heavy atom. The number of thiazole rings is 1. The van der Waals surface area contributed by atoms with Gasteiger partial charge >= 0.3 is 0 Å². The third kappa shape index (κ3) is 5.13. The van der Waals surface area contributed by atoms with Crippen LogP contribution in [0.4, 0.5) is 5.13 Å². The first kappa shape index (κ1) is 20.8. The molecule has 0 aliphatic carbocycles. The zero-order valence-electron chi connectivity index (χ0n) is 15.8. The van der Waals surface area contributed by atoms with E-state index in [9.17, 15) is 4.79 Å². The van der Waals surface area contributed by atoms with Crippen molar-refractivity contribution in [2.24, 2.45) is 0 Å². The fraction of sp³-hybridized carbons (Fsp3) is 0.238. The number of aromatic nitrogens is 1. The van der Waals surface area contributed by atoms with E-state index in [1.807, 2.05) is 47.8 Å². The first-order valence-electron chi connectivity index (χ1n) is 8.67. The van der Waals surface area contributed by atoms with Crippen LogP contribution in [0.1, 0.15) is 26.3 Å². The van der Waals surface area contributed by atoms with Crippen LogP contribution in [0.3, 0.4) is 0 Å². The van der Waals surface area contributed by atoms with Gasteiger partial charge in [-0.15, -0.1) is 11.3 Å². The molecular formula is C21H20BrClN2O2S. The molecular weight excluding hydrogens is 460 g/mol. The van der Waals surface area contributed by atoms with E-state index in [1.54, 1.807) is 0 Å². The molecule has 0 saturated carbocycles. The van der Waals surface area contributed by atoms with Gasteiger partial charge in [0, 0.05) is 26.0 Å². The molecule has 3 aromatic rings. The van der Waals surface area contributed by atoms with E-state index in [2.05, 4.69) is 47.0 Å². The zero-order valence-corrected chi connectivity index (χ0v) is 18.9. The molecule has 1 aromatic heterocycles. The number of benzene rings is 2. The highest BCUT2D eigenvalue weighted by Crippen LogP contribution is 2.34. The lowest BCUT2D eigenvalue weighted by atomic mass is 9.86. The Balaban J connectivity index is 1.66. The SMILES string of the molecule is CC(C)(C)c1cc(Br)ccc1OCC(=O)Nc1nc(-c2ccccc2Cl)cs1. The van der Waals surface area contributed by atoms with Crippen LogP contribution in [-0.2, 0) is 10.2 Å². The van der Waals surface area contributed by atoms with Gasteiger partial charge in [-0.05, 0) is 29.7 Å². The molecule has 1 amide bonds. The van der Waals surface area contributed by atoms with E-state index in [0.717, 1.165) is 21.3 Å². The van der Waals surface area contributed by atoms with Crippen molar-refractivity contribution in [1.82, 2.24) is 4.98 Å². The van der Waals surface area contributed by atoms with Gasteiger partial charge in [0.25, 0.3) is 5.91 Å². The zero-order chi connectivity index (χ0) is 20.3. The Labute approximate surface area is 182 Å². The number of rotatable bonds is 5. The average molecular weight is 480 g/mol. The summed E-state index contributed by atoms with van der Waals surface area (Å²) in [5.74, 6) is 0.435. The van der Waals surface area contributed by atoms with Crippen LogP contribution in [0.15, 0.2) is 52.3 Å². The summed E-state index contributed by atoms with van der Waals surface area (Å²) >= 11 is 11.0. The van der Waals surface area contributed by atoms with Crippen molar-refractivity contribution in [3.05, 3.63) is 62.9 Å². The molecule has 0 fully saturated rings. The van der Waals surface area contributed by atoms with E-state index >= 15 is 0 Å².